The number of phenols is 2. The van der Waals surface area contributed by atoms with Crippen LogP contribution < -0.4 is 0 Å². The summed E-state index contributed by atoms with van der Waals surface area (Å²) in [7, 11) is 3.25. The number of phenolic OH excluding ortho intramolecular Hbond substituents is 2. The third kappa shape index (κ3) is 49.5. The first-order chi connectivity index (χ1) is 11.0. The molecule has 0 aliphatic heterocycles. The van der Waals surface area contributed by atoms with Crippen molar-refractivity contribution < 1.29 is 47.7 Å². The minimum Gasteiger partial charge on any atom is -0.533 e. The van der Waals surface area contributed by atoms with E-state index >= 15 is 0 Å². The molecule has 2 rings (SSSR count). The standard InChI is InChI=1S/2C6H5O.C3H8.C2H6O.C2H6S.2CH4.Y/c2*7-6-4-2-1-3-5-6;3*1-3-2;;;/h2*2-5,7H;3H2,1-2H3;2*1-2H3;2*1H4;/q2*-1;;;;;;. The van der Waals surface area contributed by atoms with Crippen molar-refractivity contribution in [2.75, 3.05) is 26.7 Å². The molecule has 3 nitrogen and oxygen atoms in total. The molecule has 0 aliphatic rings. The Hall–Kier alpha value is -0.546. The number of thioether (sulfide) groups is 1. The van der Waals surface area contributed by atoms with E-state index in [1.165, 1.54) is 6.42 Å². The molecule has 0 bridgehead atoms. The summed E-state index contributed by atoms with van der Waals surface area (Å²) in [5.41, 5.74) is 0. The molecule has 0 aromatic heterocycles. The number of hydrogen-bond donors (Lipinski definition) is 2. The first-order valence-corrected chi connectivity index (χ1v) is 8.77. The van der Waals surface area contributed by atoms with E-state index in [9.17, 15) is 0 Å². The smallest absolute Gasteiger partial charge is 0.0351 e. The van der Waals surface area contributed by atoms with E-state index in [-0.39, 0.29) is 47.6 Å². The van der Waals surface area contributed by atoms with Crippen LogP contribution in [0.15, 0.2) is 48.5 Å². The van der Waals surface area contributed by atoms with Crippen LogP contribution in [-0.2, 0) is 37.4 Å². The van der Waals surface area contributed by atoms with Crippen LogP contribution in [0, 0.1) is 12.1 Å². The fourth-order valence-corrected chi connectivity index (χ4v) is 0.756. The van der Waals surface area contributed by atoms with Gasteiger partial charge in [0.05, 0.1) is 0 Å². The Morgan fingerprint density at radius 1 is 0.808 bits per heavy atom. The number of ether oxygens (including phenoxy) is 1. The number of hydrogen-bond acceptors (Lipinski definition) is 4. The van der Waals surface area contributed by atoms with Crippen LogP contribution >= 0.6 is 11.8 Å². The van der Waals surface area contributed by atoms with Crippen molar-refractivity contribution in [1.82, 2.24) is 0 Å². The maximum atomic E-state index is 8.61. The van der Waals surface area contributed by atoms with E-state index < -0.39 is 0 Å². The fourth-order valence-electron chi connectivity index (χ4n) is 0.756. The zero-order valence-corrected chi connectivity index (χ0v) is 19.3. The fraction of sp³-hybridized carbons (Fsp3) is 0.429. The van der Waals surface area contributed by atoms with Crippen LogP contribution in [0.2, 0.25) is 0 Å². The normalized spacial score (nSPS) is 6.69. The molecule has 0 unspecified atom stereocenters. The summed E-state index contributed by atoms with van der Waals surface area (Å²) in [6.07, 6.45) is 5.33. The van der Waals surface area contributed by atoms with Gasteiger partial charge in [-0.05, 0) is 12.5 Å². The molecule has 0 spiro atoms. The van der Waals surface area contributed by atoms with Crippen LogP contribution in [0.5, 0.6) is 11.5 Å². The molecule has 26 heavy (non-hydrogen) atoms. The Bertz CT molecular complexity index is 358. The van der Waals surface area contributed by atoms with Gasteiger partial charge < -0.3 is 14.9 Å². The molecular weight excluding hydrogens is 421 g/mol. The number of methoxy groups -OCH3 is 1. The Morgan fingerprint density at radius 3 is 1.04 bits per heavy atom. The second kappa shape index (κ2) is 39.5. The van der Waals surface area contributed by atoms with E-state index in [2.05, 4.69) is 30.7 Å². The van der Waals surface area contributed by atoms with Crippen molar-refractivity contribution in [2.24, 2.45) is 0 Å². The zero-order chi connectivity index (χ0) is 18.3. The predicted octanol–water partition coefficient (Wildman–Crippen LogP) is 6.31. The van der Waals surface area contributed by atoms with Crippen molar-refractivity contribution in [2.45, 2.75) is 35.1 Å². The minimum atomic E-state index is 0. The summed E-state index contributed by atoms with van der Waals surface area (Å²) in [4.78, 5) is 0. The predicted molar refractivity (Wildman–Crippen MR) is 116 cm³/mol. The summed E-state index contributed by atoms with van der Waals surface area (Å²) in [6, 6.07) is 18.5. The molecule has 0 amide bonds. The van der Waals surface area contributed by atoms with Crippen molar-refractivity contribution in [3.63, 3.8) is 0 Å². The molecule has 0 aliphatic carbocycles. The van der Waals surface area contributed by atoms with E-state index in [1.54, 1.807) is 74.5 Å². The second-order valence-electron chi connectivity index (χ2n) is 4.04. The van der Waals surface area contributed by atoms with Gasteiger partial charge >= 0.3 is 0 Å². The van der Waals surface area contributed by atoms with Crippen LogP contribution in [-0.4, -0.2) is 36.9 Å². The SMILES string of the molecule is C.C.CCC.COC.CSC.Oc1cc[c-]cc1.Oc1cc[c-]cc1.[Y]. The average molecular weight is 460 g/mol. The third-order valence-corrected chi connectivity index (χ3v) is 1.40. The molecule has 2 aromatic rings. The molecule has 2 N–H and O–H groups in total. The Morgan fingerprint density at radius 2 is 0.962 bits per heavy atom. The number of benzene rings is 2. The van der Waals surface area contributed by atoms with E-state index in [1.807, 2.05) is 12.5 Å². The Balaban J connectivity index is -0.0000000499. The molecule has 0 heterocycles. The number of rotatable bonds is 0. The van der Waals surface area contributed by atoms with Crippen LogP contribution in [0.4, 0.5) is 0 Å². The molecular formula is C21H38O3SY-2. The zero-order valence-electron chi connectivity index (χ0n) is 15.6. The van der Waals surface area contributed by atoms with E-state index in [0.29, 0.717) is 11.5 Å². The van der Waals surface area contributed by atoms with Gasteiger partial charge in [-0.3, -0.25) is 0 Å². The van der Waals surface area contributed by atoms with Gasteiger partial charge in [-0.2, -0.15) is 48.2 Å². The molecule has 2 aromatic carbocycles. The molecule has 151 valence electrons. The maximum absolute atomic E-state index is 8.61. The summed E-state index contributed by atoms with van der Waals surface area (Å²) in [5, 5.41) is 17.2. The number of aromatic hydroxyl groups is 2. The quantitative estimate of drug-likeness (QED) is 0.453. The largest absolute Gasteiger partial charge is 0.533 e. The van der Waals surface area contributed by atoms with Gasteiger partial charge in [0.25, 0.3) is 0 Å². The van der Waals surface area contributed by atoms with Gasteiger partial charge in [-0.15, -0.1) is 24.3 Å². The first kappa shape index (κ1) is 40.2. The van der Waals surface area contributed by atoms with Crippen LogP contribution in [0.3, 0.4) is 0 Å². The van der Waals surface area contributed by atoms with Gasteiger partial charge in [0.15, 0.2) is 0 Å². The first-order valence-electron chi connectivity index (χ1n) is 7.14. The monoisotopic (exact) mass is 459 g/mol. The molecule has 5 heteroatoms. The van der Waals surface area contributed by atoms with Crippen LogP contribution in [0.25, 0.3) is 0 Å². The van der Waals surface area contributed by atoms with Gasteiger partial charge in [0.2, 0.25) is 0 Å². The van der Waals surface area contributed by atoms with Crippen molar-refractivity contribution in [3.8, 4) is 11.5 Å². The molecule has 0 saturated carbocycles. The molecule has 0 atom stereocenters. The maximum Gasteiger partial charge on any atom is 0.0351 e. The Labute approximate surface area is 192 Å². The Kier molecular flexibility index (Phi) is 61.1. The van der Waals surface area contributed by atoms with Gasteiger partial charge in [0.1, 0.15) is 0 Å². The molecule has 0 saturated heterocycles. The minimum absolute atomic E-state index is 0. The summed E-state index contributed by atoms with van der Waals surface area (Å²) in [5.74, 6) is 0.581. The molecule has 0 fully saturated rings. The van der Waals surface area contributed by atoms with Gasteiger partial charge in [-0.25, -0.2) is 0 Å². The summed E-state index contributed by atoms with van der Waals surface area (Å²) < 4.78 is 4.25. The topological polar surface area (TPSA) is 49.7 Å². The summed E-state index contributed by atoms with van der Waals surface area (Å²) >= 11 is 1.75. The van der Waals surface area contributed by atoms with E-state index in [0.717, 1.165) is 0 Å². The summed E-state index contributed by atoms with van der Waals surface area (Å²) in [6.45, 7) is 4.25. The van der Waals surface area contributed by atoms with Gasteiger partial charge in [0, 0.05) is 58.4 Å². The van der Waals surface area contributed by atoms with E-state index in [4.69, 9.17) is 10.2 Å². The average Bonchev–Trinajstić information content (AvgIpc) is 2.52. The van der Waals surface area contributed by atoms with Crippen molar-refractivity contribution in [1.29, 1.82) is 0 Å². The van der Waals surface area contributed by atoms with Crippen molar-refractivity contribution >= 4 is 11.8 Å². The van der Waals surface area contributed by atoms with Crippen LogP contribution in [0.1, 0.15) is 35.1 Å². The molecule has 1 radical (unpaired) electrons. The van der Waals surface area contributed by atoms with Gasteiger partial charge in [-0.1, -0.05) is 35.1 Å². The van der Waals surface area contributed by atoms with Crippen molar-refractivity contribution in [3.05, 3.63) is 60.7 Å². The second-order valence-corrected chi connectivity index (χ2v) is 4.86. The third-order valence-electron chi connectivity index (χ3n) is 1.40.